The molecule has 1 saturated heterocycles. The van der Waals surface area contributed by atoms with Crippen molar-refractivity contribution in [2.24, 2.45) is 4.99 Å². The van der Waals surface area contributed by atoms with E-state index in [0.29, 0.717) is 12.6 Å². The van der Waals surface area contributed by atoms with Crippen LogP contribution in [0.2, 0.25) is 0 Å². The molecule has 0 bridgehead atoms. The van der Waals surface area contributed by atoms with Gasteiger partial charge in [-0.3, -0.25) is 4.99 Å². The lowest BCUT2D eigenvalue weighted by atomic mass is 10.0. The number of hydrogen-bond acceptors (Lipinski definition) is 5. The number of aromatic nitrogens is 1. The number of nitrogens with one attached hydrogen (secondary N) is 2. The van der Waals surface area contributed by atoms with Crippen LogP contribution in [0.3, 0.4) is 0 Å². The number of thiazole rings is 1. The fourth-order valence-electron chi connectivity index (χ4n) is 3.30. The van der Waals surface area contributed by atoms with Crippen LogP contribution < -0.4 is 20.3 Å². The number of aliphatic imine (C=N–C) groups is 1. The Bertz CT molecular complexity index is 775. The highest BCUT2D eigenvalue weighted by molar-refractivity contribution is 14.0. The highest BCUT2D eigenvalue weighted by Gasteiger charge is 2.21. The Labute approximate surface area is 188 Å². The van der Waals surface area contributed by atoms with Crippen LogP contribution in [0.5, 0.6) is 5.75 Å². The maximum atomic E-state index is 5.36. The minimum atomic E-state index is 0. The molecule has 1 aromatic carbocycles. The van der Waals surface area contributed by atoms with Crippen LogP contribution in [0.25, 0.3) is 0 Å². The zero-order chi connectivity index (χ0) is 19.2. The molecule has 0 aliphatic carbocycles. The first-order valence-electron chi connectivity index (χ1n) is 9.38. The third-order valence-corrected chi connectivity index (χ3v) is 5.96. The van der Waals surface area contributed by atoms with E-state index in [-0.39, 0.29) is 24.0 Å². The van der Waals surface area contributed by atoms with E-state index in [1.807, 2.05) is 19.2 Å². The minimum Gasteiger partial charge on any atom is -0.497 e. The predicted octanol–water partition coefficient (Wildman–Crippen LogP) is 3.72. The van der Waals surface area contributed by atoms with Crippen molar-refractivity contribution < 1.29 is 4.74 Å². The summed E-state index contributed by atoms with van der Waals surface area (Å²) in [6.07, 6.45) is 2.29. The zero-order valence-corrected chi connectivity index (χ0v) is 20.1. The predicted molar refractivity (Wildman–Crippen MR) is 129 cm³/mol. The Morgan fingerprint density at radius 2 is 2.21 bits per heavy atom. The number of guanidine groups is 1. The van der Waals surface area contributed by atoms with Crippen molar-refractivity contribution in [1.82, 2.24) is 15.6 Å². The fraction of sp³-hybridized carbons (Fsp3) is 0.500. The van der Waals surface area contributed by atoms with Gasteiger partial charge in [-0.05, 0) is 38.8 Å². The summed E-state index contributed by atoms with van der Waals surface area (Å²) in [5.74, 6) is 1.73. The van der Waals surface area contributed by atoms with E-state index in [0.717, 1.165) is 48.3 Å². The van der Waals surface area contributed by atoms with Gasteiger partial charge in [0.15, 0.2) is 5.96 Å². The third kappa shape index (κ3) is 5.97. The number of aryl methyl sites for hydroxylation is 2. The summed E-state index contributed by atoms with van der Waals surface area (Å²) >= 11 is 1.74. The fourth-order valence-corrected chi connectivity index (χ4v) is 4.17. The van der Waals surface area contributed by atoms with Gasteiger partial charge in [0.2, 0.25) is 0 Å². The summed E-state index contributed by atoms with van der Waals surface area (Å²) in [5, 5.41) is 8.06. The summed E-state index contributed by atoms with van der Waals surface area (Å²) < 4.78 is 5.36. The third-order valence-electron chi connectivity index (χ3n) is 4.88. The number of ether oxygens (including phenoxy) is 1. The van der Waals surface area contributed by atoms with Crippen molar-refractivity contribution in [3.63, 3.8) is 0 Å². The lowest BCUT2D eigenvalue weighted by Crippen LogP contribution is -2.51. The van der Waals surface area contributed by atoms with Gasteiger partial charge in [-0.2, -0.15) is 0 Å². The highest BCUT2D eigenvalue weighted by Crippen LogP contribution is 2.24. The Morgan fingerprint density at radius 3 is 2.89 bits per heavy atom. The Hall–Kier alpha value is -1.55. The lowest BCUT2D eigenvalue weighted by Gasteiger charge is -2.35. The molecule has 1 aliphatic heterocycles. The van der Waals surface area contributed by atoms with Gasteiger partial charge in [-0.15, -0.1) is 35.3 Å². The van der Waals surface area contributed by atoms with Crippen molar-refractivity contribution in [3.05, 3.63) is 39.8 Å². The van der Waals surface area contributed by atoms with E-state index in [2.05, 4.69) is 51.5 Å². The van der Waals surface area contributed by atoms with Crippen molar-refractivity contribution in [2.45, 2.75) is 39.3 Å². The normalized spacial score (nSPS) is 17.1. The average molecular weight is 515 g/mol. The number of piperidine rings is 1. The second-order valence-corrected chi connectivity index (χ2v) is 8.09. The Kier molecular flexibility index (Phi) is 8.81. The van der Waals surface area contributed by atoms with Crippen molar-refractivity contribution in [1.29, 1.82) is 0 Å². The van der Waals surface area contributed by atoms with Crippen LogP contribution in [0.15, 0.2) is 29.3 Å². The number of benzene rings is 1. The number of rotatable bonds is 5. The van der Waals surface area contributed by atoms with Crippen molar-refractivity contribution in [3.8, 4) is 5.75 Å². The highest BCUT2D eigenvalue weighted by atomic mass is 127. The summed E-state index contributed by atoms with van der Waals surface area (Å²) in [5.41, 5.74) is 2.32. The molecule has 0 saturated carbocycles. The van der Waals surface area contributed by atoms with E-state index in [1.54, 1.807) is 18.4 Å². The van der Waals surface area contributed by atoms with Crippen LogP contribution in [0.4, 0.5) is 5.69 Å². The molecule has 3 rings (SSSR count). The molecule has 1 aliphatic rings. The van der Waals surface area contributed by atoms with E-state index in [9.17, 15) is 0 Å². The van der Waals surface area contributed by atoms with Gasteiger partial charge in [0.1, 0.15) is 10.8 Å². The van der Waals surface area contributed by atoms with Gasteiger partial charge in [-0.1, -0.05) is 6.07 Å². The molecular formula is C20H30IN5OS. The number of methoxy groups -OCH3 is 1. The first-order valence-corrected chi connectivity index (χ1v) is 10.2. The van der Waals surface area contributed by atoms with E-state index < -0.39 is 0 Å². The Balaban J connectivity index is 0.00000280. The van der Waals surface area contributed by atoms with Gasteiger partial charge in [-0.25, -0.2) is 4.98 Å². The summed E-state index contributed by atoms with van der Waals surface area (Å²) in [6, 6.07) is 8.63. The van der Waals surface area contributed by atoms with Crippen molar-refractivity contribution >= 4 is 47.0 Å². The van der Waals surface area contributed by atoms with Gasteiger partial charge in [0.05, 0.1) is 19.3 Å². The molecule has 8 heteroatoms. The van der Waals surface area contributed by atoms with Gasteiger partial charge in [0.25, 0.3) is 0 Å². The number of nitrogens with zero attached hydrogens (tertiary/aromatic N) is 3. The SMILES string of the molecule is CN=C(NCc1nc(C)c(C)s1)NC1CCCN(c2cccc(OC)c2)C1.I. The molecule has 1 atom stereocenters. The zero-order valence-electron chi connectivity index (χ0n) is 17.0. The maximum absolute atomic E-state index is 5.36. The number of hydrogen-bond donors (Lipinski definition) is 2. The molecule has 2 N–H and O–H groups in total. The minimum absolute atomic E-state index is 0. The molecule has 0 spiro atoms. The summed E-state index contributed by atoms with van der Waals surface area (Å²) in [7, 11) is 3.52. The molecular weight excluding hydrogens is 485 g/mol. The van der Waals surface area contributed by atoms with Crippen LogP contribution in [-0.2, 0) is 6.54 Å². The number of halogens is 1. The molecule has 1 aromatic heterocycles. The summed E-state index contributed by atoms with van der Waals surface area (Å²) in [6.45, 7) is 6.88. The van der Waals surface area contributed by atoms with Gasteiger partial charge in [0, 0.05) is 42.8 Å². The van der Waals surface area contributed by atoms with Crippen LogP contribution in [0, 0.1) is 13.8 Å². The standard InChI is InChI=1S/C20H29N5OS.HI/c1-14-15(2)27-19(23-14)12-22-20(21-3)24-16-7-6-10-25(13-16)17-8-5-9-18(11-17)26-4;/h5,8-9,11,16H,6-7,10,12-13H2,1-4H3,(H2,21,22,24);1H. The van der Waals surface area contributed by atoms with E-state index in [1.165, 1.54) is 10.6 Å². The average Bonchev–Trinajstić information content (AvgIpc) is 3.03. The monoisotopic (exact) mass is 515 g/mol. The van der Waals surface area contributed by atoms with Crippen LogP contribution in [-0.4, -0.2) is 44.2 Å². The smallest absolute Gasteiger partial charge is 0.191 e. The molecule has 154 valence electrons. The van der Waals surface area contributed by atoms with Gasteiger partial charge < -0.3 is 20.3 Å². The second kappa shape index (κ2) is 10.8. The summed E-state index contributed by atoms with van der Waals surface area (Å²) in [4.78, 5) is 12.7. The van der Waals surface area contributed by atoms with E-state index >= 15 is 0 Å². The molecule has 2 aromatic rings. The number of anilines is 1. The van der Waals surface area contributed by atoms with Gasteiger partial charge >= 0.3 is 0 Å². The molecule has 1 fully saturated rings. The topological polar surface area (TPSA) is 61.8 Å². The van der Waals surface area contributed by atoms with Crippen molar-refractivity contribution in [2.75, 3.05) is 32.1 Å². The Morgan fingerprint density at radius 1 is 1.39 bits per heavy atom. The second-order valence-electron chi connectivity index (χ2n) is 6.81. The largest absolute Gasteiger partial charge is 0.497 e. The molecule has 0 amide bonds. The van der Waals surface area contributed by atoms with Crippen LogP contribution >= 0.6 is 35.3 Å². The quantitative estimate of drug-likeness (QED) is 0.361. The van der Waals surface area contributed by atoms with Crippen LogP contribution in [0.1, 0.15) is 28.4 Å². The maximum Gasteiger partial charge on any atom is 0.191 e. The first kappa shape index (κ1) is 22.7. The molecule has 6 nitrogen and oxygen atoms in total. The molecule has 28 heavy (non-hydrogen) atoms. The first-order chi connectivity index (χ1) is 13.1. The molecule has 0 radical (unpaired) electrons. The molecule has 1 unspecified atom stereocenters. The lowest BCUT2D eigenvalue weighted by molar-refractivity contribution is 0.414. The van der Waals surface area contributed by atoms with E-state index in [4.69, 9.17) is 4.74 Å². The molecule has 2 heterocycles.